The van der Waals surface area contributed by atoms with Crippen LogP contribution in [0.2, 0.25) is 0 Å². The number of hydrogen-bond donors (Lipinski definition) is 2. The van der Waals surface area contributed by atoms with E-state index in [0.717, 1.165) is 49.1 Å². The van der Waals surface area contributed by atoms with E-state index in [4.69, 9.17) is 15.6 Å². The zero-order valence-electron chi connectivity index (χ0n) is 11.6. The fourth-order valence-corrected chi connectivity index (χ4v) is 2.87. The van der Waals surface area contributed by atoms with Crippen LogP contribution >= 0.6 is 0 Å². The number of hydrogen-bond acceptors (Lipinski definition) is 4. The highest BCUT2D eigenvalue weighted by Crippen LogP contribution is 2.27. The van der Waals surface area contributed by atoms with E-state index in [0.29, 0.717) is 5.92 Å². The maximum absolute atomic E-state index is 5.74. The van der Waals surface area contributed by atoms with Crippen LogP contribution in [0.1, 0.15) is 31.0 Å². The third kappa shape index (κ3) is 2.98. The average Bonchev–Trinajstić information content (AvgIpc) is 2.53. The van der Waals surface area contributed by atoms with Gasteiger partial charge in [-0.2, -0.15) is 0 Å². The van der Waals surface area contributed by atoms with Crippen molar-refractivity contribution in [3.05, 3.63) is 42.1 Å². The first-order valence-corrected chi connectivity index (χ1v) is 7.26. The predicted octanol–water partition coefficient (Wildman–Crippen LogP) is 2.56. The van der Waals surface area contributed by atoms with Gasteiger partial charge in [0, 0.05) is 18.6 Å². The standard InChI is InChI=1S/C16H21N3O/c17-19-16(11-12-7-9-20-10-8-12)15-6-5-13-3-1-2-4-14(13)18-15/h1-6,12,16,19H,7-11,17H2. The van der Waals surface area contributed by atoms with Gasteiger partial charge in [-0.25, -0.2) is 0 Å². The summed E-state index contributed by atoms with van der Waals surface area (Å²) in [6, 6.07) is 12.5. The molecule has 1 aliphatic heterocycles. The first-order chi connectivity index (χ1) is 9.86. The van der Waals surface area contributed by atoms with Crippen LogP contribution in [-0.2, 0) is 4.74 Å². The molecule has 4 nitrogen and oxygen atoms in total. The van der Waals surface area contributed by atoms with Gasteiger partial charge in [0.15, 0.2) is 0 Å². The van der Waals surface area contributed by atoms with Crippen molar-refractivity contribution in [1.82, 2.24) is 10.4 Å². The predicted molar refractivity (Wildman–Crippen MR) is 80.0 cm³/mol. The van der Waals surface area contributed by atoms with E-state index in [-0.39, 0.29) is 6.04 Å². The van der Waals surface area contributed by atoms with Crippen molar-refractivity contribution in [2.45, 2.75) is 25.3 Å². The molecule has 2 heterocycles. The Labute approximate surface area is 119 Å². The smallest absolute Gasteiger partial charge is 0.0706 e. The Balaban J connectivity index is 1.79. The maximum atomic E-state index is 5.74. The highest BCUT2D eigenvalue weighted by Gasteiger charge is 2.20. The first kappa shape index (κ1) is 13.5. The summed E-state index contributed by atoms with van der Waals surface area (Å²) in [5.74, 6) is 6.41. The number of aromatic nitrogens is 1. The van der Waals surface area contributed by atoms with Crippen molar-refractivity contribution in [2.75, 3.05) is 13.2 Å². The van der Waals surface area contributed by atoms with Crippen LogP contribution in [0.5, 0.6) is 0 Å². The monoisotopic (exact) mass is 271 g/mol. The third-order valence-electron chi connectivity index (χ3n) is 4.09. The van der Waals surface area contributed by atoms with E-state index in [1.54, 1.807) is 0 Å². The lowest BCUT2D eigenvalue weighted by atomic mass is 9.91. The number of para-hydroxylation sites is 1. The van der Waals surface area contributed by atoms with Gasteiger partial charge >= 0.3 is 0 Å². The van der Waals surface area contributed by atoms with E-state index in [9.17, 15) is 0 Å². The second-order valence-corrected chi connectivity index (χ2v) is 5.44. The lowest BCUT2D eigenvalue weighted by molar-refractivity contribution is 0.0603. The topological polar surface area (TPSA) is 60.2 Å². The summed E-state index contributed by atoms with van der Waals surface area (Å²) in [4.78, 5) is 4.74. The molecule has 1 saturated heterocycles. The minimum absolute atomic E-state index is 0.114. The quantitative estimate of drug-likeness (QED) is 0.663. The van der Waals surface area contributed by atoms with Crippen molar-refractivity contribution < 1.29 is 4.74 Å². The molecular formula is C16H21N3O. The number of nitrogens with one attached hydrogen (secondary N) is 1. The van der Waals surface area contributed by atoms with Gasteiger partial charge in [-0.05, 0) is 37.3 Å². The van der Waals surface area contributed by atoms with Gasteiger partial charge < -0.3 is 4.74 Å². The summed E-state index contributed by atoms with van der Waals surface area (Å²) in [6.07, 6.45) is 3.25. The molecule has 1 atom stereocenters. The second kappa shape index (κ2) is 6.31. The van der Waals surface area contributed by atoms with Gasteiger partial charge in [0.1, 0.15) is 0 Å². The summed E-state index contributed by atoms with van der Waals surface area (Å²) in [6.45, 7) is 1.74. The number of benzene rings is 1. The molecule has 20 heavy (non-hydrogen) atoms. The summed E-state index contributed by atoms with van der Waals surface area (Å²) in [5, 5.41) is 1.16. The minimum atomic E-state index is 0.114. The van der Waals surface area contributed by atoms with E-state index in [1.807, 2.05) is 18.2 Å². The summed E-state index contributed by atoms with van der Waals surface area (Å²) in [5.41, 5.74) is 4.98. The summed E-state index contributed by atoms with van der Waals surface area (Å²) >= 11 is 0. The van der Waals surface area contributed by atoms with Crippen molar-refractivity contribution >= 4 is 10.9 Å². The molecule has 0 radical (unpaired) electrons. The summed E-state index contributed by atoms with van der Waals surface area (Å²) < 4.78 is 5.41. The molecule has 3 rings (SSSR count). The SMILES string of the molecule is NNC(CC1CCOCC1)c1ccc2ccccc2n1. The summed E-state index contributed by atoms with van der Waals surface area (Å²) in [7, 11) is 0. The largest absolute Gasteiger partial charge is 0.381 e. The highest BCUT2D eigenvalue weighted by atomic mass is 16.5. The van der Waals surface area contributed by atoms with E-state index >= 15 is 0 Å². The molecular weight excluding hydrogens is 250 g/mol. The van der Waals surface area contributed by atoms with Crippen LogP contribution in [-0.4, -0.2) is 18.2 Å². The molecule has 0 saturated carbocycles. The molecule has 2 aromatic rings. The number of ether oxygens (including phenoxy) is 1. The van der Waals surface area contributed by atoms with Gasteiger partial charge in [-0.1, -0.05) is 24.3 Å². The molecule has 0 bridgehead atoms. The zero-order valence-corrected chi connectivity index (χ0v) is 11.6. The molecule has 0 aliphatic carbocycles. The lowest BCUT2D eigenvalue weighted by Crippen LogP contribution is -2.31. The Hall–Kier alpha value is -1.49. The molecule has 0 amide bonds. The van der Waals surface area contributed by atoms with Crippen LogP contribution in [0, 0.1) is 5.92 Å². The molecule has 1 aliphatic rings. The molecule has 1 unspecified atom stereocenters. The van der Waals surface area contributed by atoms with Crippen molar-refractivity contribution in [2.24, 2.45) is 11.8 Å². The first-order valence-electron chi connectivity index (χ1n) is 7.26. The van der Waals surface area contributed by atoms with E-state index in [2.05, 4.69) is 23.6 Å². The Morgan fingerprint density at radius 2 is 2.00 bits per heavy atom. The molecule has 1 fully saturated rings. The average molecular weight is 271 g/mol. The molecule has 1 aromatic heterocycles. The van der Waals surface area contributed by atoms with Crippen molar-refractivity contribution in [1.29, 1.82) is 0 Å². The second-order valence-electron chi connectivity index (χ2n) is 5.44. The highest BCUT2D eigenvalue weighted by molar-refractivity contribution is 5.78. The fraction of sp³-hybridized carbons (Fsp3) is 0.438. The normalized spacial score (nSPS) is 18.2. The zero-order chi connectivity index (χ0) is 13.8. The van der Waals surface area contributed by atoms with Gasteiger partial charge in [0.25, 0.3) is 0 Å². The van der Waals surface area contributed by atoms with Crippen LogP contribution < -0.4 is 11.3 Å². The van der Waals surface area contributed by atoms with Gasteiger partial charge in [0.2, 0.25) is 0 Å². The Morgan fingerprint density at radius 1 is 1.20 bits per heavy atom. The molecule has 4 heteroatoms. The van der Waals surface area contributed by atoms with Gasteiger partial charge in [0.05, 0.1) is 17.3 Å². The molecule has 106 valence electrons. The number of nitrogens with two attached hydrogens (primary N) is 1. The van der Waals surface area contributed by atoms with Crippen LogP contribution in [0.4, 0.5) is 0 Å². The Bertz CT molecular complexity index is 566. The number of hydrazine groups is 1. The molecule has 3 N–H and O–H groups in total. The van der Waals surface area contributed by atoms with Gasteiger partial charge in [-0.3, -0.25) is 16.3 Å². The van der Waals surface area contributed by atoms with E-state index in [1.165, 1.54) is 0 Å². The van der Waals surface area contributed by atoms with Crippen LogP contribution in [0.15, 0.2) is 36.4 Å². The minimum Gasteiger partial charge on any atom is -0.381 e. The molecule has 0 spiro atoms. The fourth-order valence-electron chi connectivity index (χ4n) is 2.87. The van der Waals surface area contributed by atoms with Crippen LogP contribution in [0.25, 0.3) is 10.9 Å². The lowest BCUT2D eigenvalue weighted by Gasteiger charge is -2.26. The number of rotatable bonds is 4. The molecule has 1 aromatic carbocycles. The number of fused-ring (bicyclic) bond motifs is 1. The number of pyridine rings is 1. The Morgan fingerprint density at radius 3 is 2.80 bits per heavy atom. The van der Waals surface area contributed by atoms with Gasteiger partial charge in [-0.15, -0.1) is 0 Å². The van der Waals surface area contributed by atoms with E-state index < -0.39 is 0 Å². The Kier molecular flexibility index (Phi) is 4.25. The third-order valence-corrected chi connectivity index (χ3v) is 4.09. The van der Waals surface area contributed by atoms with Crippen LogP contribution in [0.3, 0.4) is 0 Å². The maximum Gasteiger partial charge on any atom is 0.0706 e. The van der Waals surface area contributed by atoms with Crippen molar-refractivity contribution in [3.8, 4) is 0 Å². The number of nitrogens with zero attached hydrogens (tertiary/aromatic N) is 1. The van der Waals surface area contributed by atoms with Crippen molar-refractivity contribution in [3.63, 3.8) is 0 Å².